The lowest BCUT2D eigenvalue weighted by Crippen LogP contribution is -2.44. The van der Waals surface area contributed by atoms with Gasteiger partial charge in [0.15, 0.2) is 0 Å². The third-order valence-electron chi connectivity index (χ3n) is 6.28. The lowest BCUT2D eigenvalue weighted by molar-refractivity contribution is 0.332. The molecule has 34 heavy (non-hydrogen) atoms. The number of aromatic nitrogens is 4. The molecule has 9 nitrogen and oxygen atoms in total. The Bertz CT molecular complexity index is 1380. The van der Waals surface area contributed by atoms with Gasteiger partial charge in [-0.3, -0.25) is 14.4 Å². The first-order chi connectivity index (χ1) is 16.5. The van der Waals surface area contributed by atoms with E-state index in [-0.39, 0.29) is 11.6 Å². The van der Waals surface area contributed by atoms with Crippen LogP contribution < -0.4 is 20.9 Å². The van der Waals surface area contributed by atoms with Crippen molar-refractivity contribution in [3.63, 3.8) is 0 Å². The van der Waals surface area contributed by atoms with Gasteiger partial charge in [0.25, 0.3) is 5.56 Å². The second-order valence-corrected chi connectivity index (χ2v) is 8.76. The molecule has 0 aliphatic carbocycles. The van der Waals surface area contributed by atoms with Crippen molar-refractivity contribution in [2.45, 2.75) is 52.2 Å². The van der Waals surface area contributed by atoms with Crippen molar-refractivity contribution in [2.75, 3.05) is 24.6 Å². The highest BCUT2D eigenvalue weighted by atomic mass is 16.5. The molecule has 3 aromatic rings. The molecule has 1 saturated heterocycles. The fraction of sp³-hybridized carbons (Fsp3) is 0.440. The van der Waals surface area contributed by atoms with Gasteiger partial charge in [-0.1, -0.05) is 18.1 Å². The Kier molecular flexibility index (Phi) is 6.07. The highest BCUT2D eigenvalue weighted by Crippen LogP contribution is 2.29. The lowest BCUT2D eigenvalue weighted by Gasteiger charge is -2.31. The van der Waals surface area contributed by atoms with Crippen molar-refractivity contribution in [3.8, 4) is 17.6 Å². The molecule has 2 N–H and O–H groups in total. The van der Waals surface area contributed by atoms with Crippen molar-refractivity contribution in [1.29, 1.82) is 0 Å². The molecule has 0 bridgehead atoms. The lowest BCUT2D eigenvalue weighted by atomic mass is 10.1. The van der Waals surface area contributed by atoms with E-state index in [4.69, 9.17) is 20.4 Å². The van der Waals surface area contributed by atoms with Crippen LogP contribution in [0.3, 0.4) is 0 Å². The number of nitrogens with zero attached hydrogens (tertiary/aromatic N) is 6. The summed E-state index contributed by atoms with van der Waals surface area (Å²) in [5, 5.41) is 4.60. The molecule has 1 fully saturated rings. The smallest absolute Gasteiger partial charge is 0.293 e. The molecule has 9 heteroatoms. The molecule has 1 atom stereocenters. The topological polar surface area (TPSA) is 104 Å². The predicted molar refractivity (Wildman–Crippen MR) is 133 cm³/mol. The Hall–Kier alpha value is -3.64. The molecule has 2 aromatic heterocycles. The standard InChI is InChI=1S/C25H29N7O2/c1-3-4-13-31-23-22(28-25(31)30-12-7-8-18(26)15-30)17(2)29-32(24(23)33)16-19-11-14-34-21-10-6-5-9-20(21)27-19/h5-6,9-10,18H,7-8,11-16,26H2,1-2H3. The minimum absolute atomic E-state index is 0.0912. The first-order valence-corrected chi connectivity index (χ1v) is 11.7. The average Bonchev–Trinajstić information content (AvgIpc) is 3.10. The third-order valence-corrected chi connectivity index (χ3v) is 6.28. The minimum Gasteiger partial charge on any atom is -0.491 e. The maximum atomic E-state index is 13.7. The van der Waals surface area contributed by atoms with Gasteiger partial charge in [0, 0.05) is 31.3 Å². The Balaban J connectivity index is 1.59. The van der Waals surface area contributed by atoms with Crippen LogP contribution >= 0.6 is 0 Å². The summed E-state index contributed by atoms with van der Waals surface area (Å²) in [6.45, 7) is 6.43. The summed E-state index contributed by atoms with van der Waals surface area (Å²) >= 11 is 0. The first kappa shape index (κ1) is 22.2. The fourth-order valence-corrected chi connectivity index (χ4v) is 4.62. The van der Waals surface area contributed by atoms with Gasteiger partial charge >= 0.3 is 0 Å². The summed E-state index contributed by atoms with van der Waals surface area (Å²) in [7, 11) is 0. The van der Waals surface area contributed by atoms with Gasteiger partial charge in [-0.05, 0) is 38.8 Å². The Morgan fingerprint density at radius 1 is 1.29 bits per heavy atom. The summed E-state index contributed by atoms with van der Waals surface area (Å²) < 4.78 is 9.23. The van der Waals surface area contributed by atoms with Crippen LogP contribution in [0.1, 0.15) is 31.9 Å². The molecular weight excluding hydrogens is 430 g/mol. The molecule has 0 spiro atoms. The Labute approximate surface area is 198 Å². The monoisotopic (exact) mass is 459 g/mol. The van der Waals surface area contributed by atoms with Gasteiger partial charge < -0.3 is 15.4 Å². The fourth-order valence-electron chi connectivity index (χ4n) is 4.62. The highest BCUT2D eigenvalue weighted by molar-refractivity contribution is 5.88. The number of imidazole rings is 1. The number of hydrogen-bond donors (Lipinski definition) is 1. The predicted octanol–water partition coefficient (Wildman–Crippen LogP) is 2.41. The molecule has 0 radical (unpaired) electrons. The van der Waals surface area contributed by atoms with Crippen LogP contribution in [0.2, 0.25) is 0 Å². The van der Waals surface area contributed by atoms with Gasteiger partial charge in [0.2, 0.25) is 5.95 Å². The van der Waals surface area contributed by atoms with Crippen LogP contribution in [-0.4, -0.2) is 50.8 Å². The van der Waals surface area contributed by atoms with E-state index in [2.05, 4.69) is 21.8 Å². The van der Waals surface area contributed by atoms with Crippen molar-refractivity contribution < 1.29 is 4.74 Å². The van der Waals surface area contributed by atoms with Crippen molar-refractivity contribution in [3.05, 3.63) is 40.3 Å². The third kappa shape index (κ3) is 4.17. The Morgan fingerprint density at radius 3 is 2.97 bits per heavy atom. The molecule has 5 rings (SSSR count). The normalized spacial score (nSPS) is 17.9. The van der Waals surface area contributed by atoms with Gasteiger partial charge in [0.05, 0.1) is 25.4 Å². The molecule has 2 aliphatic heterocycles. The van der Waals surface area contributed by atoms with Crippen molar-refractivity contribution in [1.82, 2.24) is 19.3 Å². The average molecular weight is 460 g/mol. The zero-order chi connectivity index (χ0) is 23.7. The van der Waals surface area contributed by atoms with Gasteiger partial charge in [0.1, 0.15) is 22.5 Å². The molecule has 1 aromatic carbocycles. The van der Waals surface area contributed by atoms with Crippen molar-refractivity contribution in [2.24, 2.45) is 10.7 Å². The van der Waals surface area contributed by atoms with Gasteiger partial charge in [-0.2, -0.15) is 5.10 Å². The summed E-state index contributed by atoms with van der Waals surface area (Å²) in [5.74, 6) is 7.54. The van der Waals surface area contributed by atoms with Gasteiger partial charge in [-0.15, -0.1) is 5.92 Å². The number of ether oxygens (including phenoxy) is 1. The summed E-state index contributed by atoms with van der Waals surface area (Å²) in [5.41, 5.74) is 9.50. The largest absolute Gasteiger partial charge is 0.491 e. The van der Waals surface area contributed by atoms with Crippen LogP contribution in [0.25, 0.3) is 11.0 Å². The zero-order valence-electron chi connectivity index (χ0n) is 19.6. The zero-order valence-corrected chi connectivity index (χ0v) is 19.6. The summed E-state index contributed by atoms with van der Waals surface area (Å²) in [6, 6.07) is 7.77. The van der Waals surface area contributed by atoms with Crippen molar-refractivity contribution >= 4 is 28.4 Å². The Morgan fingerprint density at radius 2 is 2.15 bits per heavy atom. The highest BCUT2D eigenvalue weighted by Gasteiger charge is 2.25. The summed E-state index contributed by atoms with van der Waals surface area (Å²) in [4.78, 5) is 25.5. The van der Waals surface area contributed by atoms with Crippen LogP contribution in [-0.2, 0) is 13.1 Å². The maximum Gasteiger partial charge on any atom is 0.293 e. The van der Waals surface area contributed by atoms with E-state index >= 15 is 0 Å². The number of aryl methyl sites for hydroxylation is 1. The molecule has 2 aliphatic rings. The van der Waals surface area contributed by atoms with E-state index < -0.39 is 0 Å². The second-order valence-electron chi connectivity index (χ2n) is 8.76. The van der Waals surface area contributed by atoms with Crippen LogP contribution in [0.15, 0.2) is 34.1 Å². The number of nitrogens with two attached hydrogens (primary N) is 1. The number of fused-ring (bicyclic) bond motifs is 2. The number of anilines is 1. The second kappa shape index (κ2) is 9.31. The number of aliphatic imine (C=N–C) groups is 1. The molecule has 0 saturated carbocycles. The maximum absolute atomic E-state index is 13.7. The van der Waals surface area contributed by atoms with E-state index in [1.165, 1.54) is 4.68 Å². The number of hydrogen-bond acceptors (Lipinski definition) is 7. The number of rotatable bonds is 4. The minimum atomic E-state index is -0.195. The van der Waals surface area contributed by atoms with E-state index in [0.717, 1.165) is 42.5 Å². The molecule has 1 unspecified atom stereocenters. The van der Waals surface area contributed by atoms with Gasteiger partial charge in [-0.25, -0.2) is 9.67 Å². The van der Waals surface area contributed by atoms with Crippen LogP contribution in [0.4, 0.5) is 11.6 Å². The number of para-hydroxylation sites is 2. The number of benzene rings is 1. The van der Waals surface area contributed by atoms with E-state index in [1.807, 2.05) is 35.8 Å². The van der Waals surface area contributed by atoms with Crippen LogP contribution in [0.5, 0.6) is 5.75 Å². The van der Waals surface area contributed by atoms with E-state index in [9.17, 15) is 4.79 Å². The van der Waals surface area contributed by atoms with E-state index in [0.29, 0.717) is 49.4 Å². The molecule has 0 amide bonds. The van der Waals surface area contributed by atoms with Crippen LogP contribution in [0, 0.1) is 18.8 Å². The molecule has 4 heterocycles. The molecule has 176 valence electrons. The SMILES string of the molecule is CC#CCn1c(N2CCCC(N)C2)nc2c(C)nn(CC3=Nc4ccccc4OCC3)c(=O)c21. The number of piperidine rings is 1. The first-order valence-electron chi connectivity index (χ1n) is 11.7. The molecular formula is C25H29N7O2. The quantitative estimate of drug-likeness (QED) is 0.601. The van der Waals surface area contributed by atoms with E-state index in [1.54, 1.807) is 6.92 Å². The summed E-state index contributed by atoms with van der Waals surface area (Å²) in [6.07, 6.45) is 2.61.